The molecule has 128 valence electrons. The van der Waals surface area contributed by atoms with E-state index >= 15 is 0 Å². The summed E-state index contributed by atoms with van der Waals surface area (Å²) in [5.74, 6) is -2.83. The summed E-state index contributed by atoms with van der Waals surface area (Å²) in [6.07, 6.45) is -0.491. The first-order valence-corrected chi connectivity index (χ1v) is 7.57. The van der Waals surface area contributed by atoms with Crippen LogP contribution in [0.1, 0.15) is 22.6 Å². The van der Waals surface area contributed by atoms with Gasteiger partial charge in [0, 0.05) is 16.3 Å². The lowest BCUT2D eigenvalue weighted by Crippen LogP contribution is -2.43. The van der Waals surface area contributed by atoms with Gasteiger partial charge in [-0.25, -0.2) is 9.78 Å². The standard InChI is InChI=1S/C17H16N4O4/c1-8-15-10(9-4-2-3-5-11(9)20-15)6-12(19-8)16(23)21-13(17(24)25)7-14(18)22/h2-6,13,20H,7H2,1H3,(H2,18,22)(H,21,23)(H,24,25). The summed E-state index contributed by atoms with van der Waals surface area (Å²) in [7, 11) is 0. The minimum absolute atomic E-state index is 0.0745. The van der Waals surface area contributed by atoms with Crippen LogP contribution >= 0.6 is 0 Å². The van der Waals surface area contributed by atoms with Crippen LogP contribution in [0.4, 0.5) is 0 Å². The summed E-state index contributed by atoms with van der Waals surface area (Å²) in [5, 5.41) is 13.1. The van der Waals surface area contributed by atoms with Crippen molar-refractivity contribution in [3.8, 4) is 0 Å². The third-order valence-electron chi connectivity index (χ3n) is 3.92. The zero-order valence-electron chi connectivity index (χ0n) is 13.4. The number of aromatic nitrogens is 2. The Balaban J connectivity index is 2.00. The van der Waals surface area contributed by atoms with Crippen LogP contribution in [0.3, 0.4) is 0 Å². The van der Waals surface area contributed by atoms with E-state index in [1.807, 2.05) is 24.3 Å². The SMILES string of the molecule is Cc1nc(C(=O)NC(CC(N)=O)C(=O)O)cc2c1[nH]c1ccccc12. The molecule has 1 aromatic carbocycles. The van der Waals surface area contributed by atoms with Crippen molar-refractivity contribution in [1.82, 2.24) is 15.3 Å². The highest BCUT2D eigenvalue weighted by atomic mass is 16.4. The van der Waals surface area contributed by atoms with Gasteiger partial charge in [-0.15, -0.1) is 0 Å². The first kappa shape index (κ1) is 16.4. The van der Waals surface area contributed by atoms with E-state index in [9.17, 15) is 14.4 Å². The van der Waals surface area contributed by atoms with E-state index in [-0.39, 0.29) is 5.69 Å². The Labute approximate surface area is 142 Å². The molecule has 0 radical (unpaired) electrons. The Kier molecular flexibility index (Phi) is 4.10. The molecule has 0 aliphatic heterocycles. The molecule has 0 saturated heterocycles. The highest BCUT2D eigenvalue weighted by Gasteiger charge is 2.24. The summed E-state index contributed by atoms with van der Waals surface area (Å²) >= 11 is 0. The number of nitrogens with zero attached hydrogens (tertiary/aromatic N) is 1. The van der Waals surface area contributed by atoms with Crippen molar-refractivity contribution in [2.45, 2.75) is 19.4 Å². The monoisotopic (exact) mass is 340 g/mol. The lowest BCUT2D eigenvalue weighted by molar-refractivity contribution is -0.140. The number of hydrogen-bond acceptors (Lipinski definition) is 4. The molecule has 0 fully saturated rings. The topological polar surface area (TPSA) is 138 Å². The first-order chi connectivity index (χ1) is 11.9. The van der Waals surface area contributed by atoms with Gasteiger partial charge in [-0.3, -0.25) is 9.59 Å². The highest BCUT2D eigenvalue weighted by Crippen LogP contribution is 2.27. The number of aromatic amines is 1. The average molecular weight is 340 g/mol. The van der Waals surface area contributed by atoms with Crippen molar-refractivity contribution in [1.29, 1.82) is 0 Å². The molecule has 25 heavy (non-hydrogen) atoms. The van der Waals surface area contributed by atoms with Crippen LogP contribution in [0.25, 0.3) is 21.8 Å². The highest BCUT2D eigenvalue weighted by molar-refractivity contribution is 6.10. The Hall–Kier alpha value is -3.42. The van der Waals surface area contributed by atoms with E-state index in [1.165, 1.54) is 0 Å². The molecule has 1 unspecified atom stereocenters. The minimum Gasteiger partial charge on any atom is -0.480 e. The summed E-state index contributed by atoms with van der Waals surface area (Å²) in [6.45, 7) is 1.76. The maximum absolute atomic E-state index is 12.4. The number of nitrogens with two attached hydrogens (primary N) is 1. The van der Waals surface area contributed by atoms with Crippen LogP contribution in [0, 0.1) is 6.92 Å². The molecular weight excluding hydrogens is 324 g/mol. The van der Waals surface area contributed by atoms with Gasteiger partial charge in [-0.2, -0.15) is 0 Å². The Morgan fingerprint density at radius 3 is 2.68 bits per heavy atom. The molecule has 8 nitrogen and oxygen atoms in total. The Morgan fingerprint density at radius 2 is 2.00 bits per heavy atom. The van der Waals surface area contributed by atoms with Crippen LogP contribution in [0.5, 0.6) is 0 Å². The van der Waals surface area contributed by atoms with Gasteiger partial charge in [-0.05, 0) is 19.1 Å². The lowest BCUT2D eigenvalue weighted by Gasteiger charge is -2.12. The number of aliphatic carboxylic acids is 1. The minimum atomic E-state index is -1.40. The number of nitrogens with one attached hydrogen (secondary N) is 2. The second-order valence-electron chi connectivity index (χ2n) is 5.72. The summed E-state index contributed by atoms with van der Waals surface area (Å²) in [6, 6.07) is 7.82. The normalized spacial score (nSPS) is 12.2. The largest absolute Gasteiger partial charge is 0.480 e. The van der Waals surface area contributed by atoms with Crippen LogP contribution < -0.4 is 11.1 Å². The van der Waals surface area contributed by atoms with Crippen molar-refractivity contribution < 1.29 is 19.5 Å². The van der Waals surface area contributed by atoms with Crippen LogP contribution in [-0.2, 0) is 9.59 Å². The Morgan fingerprint density at radius 1 is 1.28 bits per heavy atom. The van der Waals surface area contributed by atoms with Gasteiger partial charge in [0.25, 0.3) is 5.91 Å². The fourth-order valence-electron chi connectivity index (χ4n) is 2.75. The number of fused-ring (bicyclic) bond motifs is 3. The number of carboxylic acid groups (broad SMARTS) is 1. The van der Waals surface area contributed by atoms with Gasteiger partial charge in [0.1, 0.15) is 11.7 Å². The molecule has 0 bridgehead atoms. The molecule has 0 aliphatic rings. The van der Waals surface area contributed by atoms with Crippen LogP contribution in [0.2, 0.25) is 0 Å². The van der Waals surface area contributed by atoms with Gasteiger partial charge in [0.05, 0.1) is 17.6 Å². The molecule has 3 aromatic rings. The smallest absolute Gasteiger partial charge is 0.326 e. The average Bonchev–Trinajstić information content (AvgIpc) is 2.93. The van der Waals surface area contributed by atoms with E-state index in [1.54, 1.807) is 13.0 Å². The predicted octanol–water partition coefficient (Wildman–Crippen LogP) is 1.08. The lowest BCUT2D eigenvalue weighted by atomic mass is 10.1. The van der Waals surface area contributed by atoms with Crippen molar-refractivity contribution in [2.24, 2.45) is 5.73 Å². The van der Waals surface area contributed by atoms with E-state index in [0.29, 0.717) is 5.69 Å². The van der Waals surface area contributed by atoms with E-state index in [2.05, 4.69) is 15.3 Å². The summed E-state index contributed by atoms with van der Waals surface area (Å²) in [4.78, 5) is 42.0. The van der Waals surface area contributed by atoms with E-state index < -0.39 is 30.2 Å². The number of para-hydroxylation sites is 1. The number of H-pyrrole nitrogens is 1. The molecule has 0 spiro atoms. The molecule has 2 aromatic heterocycles. The fourth-order valence-corrected chi connectivity index (χ4v) is 2.75. The number of primary amides is 1. The zero-order valence-corrected chi connectivity index (χ0v) is 13.4. The predicted molar refractivity (Wildman–Crippen MR) is 91.0 cm³/mol. The zero-order chi connectivity index (χ0) is 18.1. The van der Waals surface area contributed by atoms with Crippen molar-refractivity contribution in [3.05, 3.63) is 41.7 Å². The molecule has 0 saturated carbocycles. The number of carbonyl (C=O) groups is 3. The fraction of sp³-hybridized carbons (Fsp3) is 0.176. The molecule has 2 heterocycles. The number of benzene rings is 1. The number of carbonyl (C=O) groups excluding carboxylic acids is 2. The molecule has 8 heteroatoms. The van der Waals surface area contributed by atoms with Crippen LogP contribution in [0.15, 0.2) is 30.3 Å². The van der Waals surface area contributed by atoms with Crippen molar-refractivity contribution >= 4 is 39.6 Å². The molecular formula is C17H16N4O4. The summed E-state index contributed by atoms with van der Waals surface area (Å²) < 4.78 is 0. The number of carboxylic acids is 1. The van der Waals surface area contributed by atoms with Crippen molar-refractivity contribution in [2.75, 3.05) is 0 Å². The first-order valence-electron chi connectivity index (χ1n) is 7.57. The van der Waals surface area contributed by atoms with Gasteiger partial charge in [0.15, 0.2) is 0 Å². The molecule has 0 aliphatic carbocycles. The third-order valence-corrected chi connectivity index (χ3v) is 3.92. The Bertz CT molecular complexity index is 1010. The number of rotatable bonds is 5. The van der Waals surface area contributed by atoms with Gasteiger partial charge < -0.3 is 21.1 Å². The van der Waals surface area contributed by atoms with Crippen LogP contribution in [-0.4, -0.2) is 38.9 Å². The van der Waals surface area contributed by atoms with E-state index in [0.717, 1.165) is 21.8 Å². The second kappa shape index (κ2) is 6.23. The molecule has 3 rings (SSSR count). The van der Waals surface area contributed by atoms with Crippen molar-refractivity contribution in [3.63, 3.8) is 0 Å². The quantitative estimate of drug-likeness (QED) is 0.550. The summed E-state index contributed by atoms with van der Waals surface area (Å²) in [5.41, 5.74) is 7.43. The number of amides is 2. The maximum atomic E-state index is 12.4. The second-order valence-corrected chi connectivity index (χ2v) is 5.72. The third kappa shape index (κ3) is 3.14. The molecule has 2 amide bonds. The maximum Gasteiger partial charge on any atom is 0.326 e. The number of hydrogen-bond donors (Lipinski definition) is 4. The van der Waals surface area contributed by atoms with Gasteiger partial charge >= 0.3 is 5.97 Å². The van der Waals surface area contributed by atoms with Gasteiger partial charge in [0.2, 0.25) is 5.91 Å². The van der Waals surface area contributed by atoms with Gasteiger partial charge in [-0.1, -0.05) is 18.2 Å². The van der Waals surface area contributed by atoms with E-state index in [4.69, 9.17) is 10.8 Å². The molecule has 1 atom stereocenters. The number of aryl methyl sites for hydroxylation is 1. The molecule has 5 N–H and O–H groups in total. The number of pyridine rings is 1.